The first-order valence-corrected chi connectivity index (χ1v) is 11.4. The molecule has 2 atom stereocenters. The third kappa shape index (κ3) is 3.98. The zero-order valence-electron chi connectivity index (χ0n) is 18.3. The zero-order valence-corrected chi connectivity index (χ0v) is 19.1. The number of likely N-dealkylation sites (tertiary alicyclic amines) is 1. The Morgan fingerprint density at radius 1 is 1.12 bits per heavy atom. The molecule has 172 valence electrons. The standard InChI is InChI=1S/C24H26N6O2.ClH/c31-23-10-18(17-2-1-4-26-11-17)9-21-19-8-16(13-30(21)23)12-29(14-19)24(32)20-15-28-7-6-25-5-3-22(28)27-20;/h1-2,4,9-11,15-16,19,25H,3,5-8,12-14H2;1H/t16-,19+;/m0./s1. The Morgan fingerprint density at radius 2 is 2.03 bits per heavy atom. The van der Waals surface area contributed by atoms with Gasteiger partial charge in [-0.2, -0.15) is 0 Å². The van der Waals surface area contributed by atoms with Crippen LogP contribution in [-0.4, -0.2) is 56.1 Å². The highest BCUT2D eigenvalue weighted by Gasteiger charge is 2.37. The topological polar surface area (TPSA) is 85.1 Å². The number of piperidine rings is 1. The van der Waals surface area contributed by atoms with Crippen LogP contribution < -0.4 is 10.9 Å². The number of fused-ring (bicyclic) bond motifs is 5. The van der Waals surface area contributed by atoms with Gasteiger partial charge >= 0.3 is 0 Å². The van der Waals surface area contributed by atoms with Crippen molar-refractivity contribution in [2.24, 2.45) is 5.92 Å². The molecule has 0 aliphatic carbocycles. The van der Waals surface area contributed by atoms with Crippen LogP contribution >= 0.6 is 12.4 Å². The molecule has 1 saturated heterocycles. The van der Waals surface area contributed by atoms with Crippen molar-refractivity contribution in [1.29, 1.82) is 0 Å². The fourth-order valence-electron chi connectivity index (χ4n) is 5.46. The van der Waals surface area contributed by atoms with Gasteiger partial charge in [-0.25, -0.2) is 4.98 Å². The highest BCUT2D eigenvalue weighted by atomic mass is 35.5. The van der Waals surface area contributed by atoms with Crippen molar-refractivity contribution in [2.75, 3.05) is 26.2 Å². The van der Waals surface area contributed by atoms with Gasteiger partial charge in [-0.1, -0.05) is 6.07 Å². The van der Waals surface area contributed by atoms with E-state index in [1.165, 1.54) is 0 Å². The van der Waals surface area contributed by atoms with Crippen molar-refractivity contribution in [1.82, 2.24) is 29.3 Å². The molecule has 8 nitrogen and oxygen atoms in total. The average molecular weight is 467 g/mol. The first kappa shape index (κ1) is 21.9. The number of halogens is 1. The molecule has 1 amide bonds. The van der Waals surface area contributed by atoms with E-state index in [9.17, 15) is 9.59 Å². The van der Waals surface area contributed by atoms with Crippen molar-refractivity contribution in [3.8, 4) is 11.1 Å². The summed E-state index contributed by atoms with van der Waals surface area (Å²) >= 11 is 0. The Morgan fingerprint density at radius 3 is 2.88 bits per heavy atom. The van der Waals surface area contributed by atoms with Crippen molar-refractivity contribution >= 4 is 18.3 Å². The van der Waals surface area contributed by atoms with Gasteiger partial charge in [0, 0.05) is 87.5 Å². The molecule has 9 heteroatoms. The molecule has 3 aromatic rings. The normalized spacial score (nSPS) is 21.4. The molecule has 0 unspecified atom stereocenters. The second-order valence-corrected chi connectivity index (χ2v) is 9.10. The summed E-state index contributed by atoms with van der Waals surface area (Å²) < 4.78 is 4.01. The SMILES string of the molecule is Cl.O=C(c1cn2c(n1)CCNCC2)N1C[C@@H]2C[C@H](C1)c1cc(-c3cccnc3)cc(=O)n1C2. The van der Waals surface area contributed by atoms with Crippen LogP contribution in [0, 0.1) is 5.92 Å². The minimum absolute atomic E-state index is 0. The quantitative estimate of drug-likeness (QED) is 0.623. The Hall–Kier alpha value is -2.97. The maximum Gasteiger partial charge on any atom is 0.274 e. The maximum absolute atomic E-state index is 13.4. The van der Waals surface area contributed by atoms with E-state index in [0.29, 0.717) is 25.3 Å². The fourth-order valence-corrected chi connectivity index (χ4v) is 5.46. The van der Waals surface area contributed by atoms with Crippen LogP contribution in [0.2, 0.25) is 0 Å². The van der Waals surface area contributed by atoms with E-state index in [4.69, 9.17) is 0 Å². The van der Waals surface area contributed by atoms with Gasteiger partial charge in [0.2, 0.25) is 0 Å². The first-order valence-electron chi connectivity index (χ1n) is 11.4. The summed E-state index contributed by atoms with van der Waals surface area (Å²) in [6.45, 7) is 4.59. The zero-order chi connectivity index (χ0) is 21.7. The summed E-state index contributed by atoms with van der Waals surface area (Å²) in [6.07, 6.45) is 7.27. The highest BCUT2D eigenvalue weighted by Crippen LogP contribution is 2.37. The Balaban J connectivity index is 0.00000228. The van der Waals surface area contributed by atoms with Gasteiger partial charge in [0.25, 0.3) is 11.5 Å². The van der Waals surface area contributed by atoms with Crippen LogP contribution in [0.15, 0.2) is 47.7 Å². The number of imidazole rings is 1. The first-order chi connectivity index (χ1) is 15.7. The molecule has 1 N–H and O–H groups in total. The largest absolute Gasteiger partial charge is 0.336 e. The molecule has 1 fully saturated rings. The Kier molecular flexibility index (Phi) is 5.80. The summed E-state index contributed by atoms with van der Waals surface area (Å²) in [5.74, 6) is 1.43. The summed E-state index contributed by atoms with van der Waals surface area (Å²) in [5, 5.41) is 3.36. The van der Waals surface area contributed by atoms with E-state index in [2.05, 4.69) is 25.9 Å². The molecule has 3 aliphatic heterocycles. The number of aromatic nitrogens is 4. The van der Waals surface area contributed by atoms with Crippen LogP contribution in [0.1, 0.15) is 34.3 Å². The molecule has 3 aliphatic rings. The van der Waals surface area contributed by atoms with Crippen molar-refractivity contribution < 1.29 is 4.79 Å². The van der Waals surface area contributed by atoms with Gasteiger partial charge in [0.05, 0.1) is 0 Å². The van der Waals surface area contributed by atoms with Crippen molar-refractivity contribution in [2.45, 2.75) is 31.8 Å². The number of carbonyl (C=O) groups excluding carboxylic acids is 1. The van der Waals surface area contributed by atoms with E-state index >= 15 is 0 Å². The molecular formula is C24H27ClN6O2. The van der Waals surface area contributed by atoms with E-state index < -0.39 is 0 Å². The molecule has 0 spiro atoms. The van der Waals surface area contributed by atoms with E-state index in [0.717, 1.165) is 55.1 Å². The van der Waals surface area contributed by atoms with E-state index in [1.807, 2.05) is 27.8 Å². The highest BCUT2D eigenvalue weighted by molar-refractivity contribution is 5.92. The summed E-state index contributed by atoms with van der Waals surface area (Å²) in [5.41, 5.74) is 3.43. The molecular weight excluding hydrogens is 440 g/mol. The summed E-state index contributed by atoms with van der Waals surface area (Å²) in [4.78, 5) is 37.1. The van der Waals surface area contributed by atoms with Crippen LogP contribution in [0.5, 0.6) is 0 Å². The predicted molar refractivity (Wildman–Crippen MR) is 127 cm³/mol. The maximum atomic E-state index is 13.4. The number of carbonyl (C=O) groups is 1. The lowest BCUT2D eigenvalue weighted by atomic mass is 9.82. The van der Waals surface area contributed by atoms with E-state index in [1.54, 1.807) is 18.5 Å². The van der Waals surface area contributed by atoms with Crippen molar-refractivity contribution in [3.63, 3.8) is 0 Å². The number of pyridine rings is 2. The second kappa shape index (κ2) is 8.76. The molecule has 0 radical (unpaired) electrons. The summed E-state index contributed by atoms with van der Waals surface area (Å²) in [7, 11) is 0. The number of hydrogen-bond acceptors (Lipinski definition) is 5. The molecule has 6 rings (SSSR count). The number of nitrogens with zero attached hydrogens (tertiary/aromatic N) is 5. The van der Waals surface area contributed by atoms with Crippen LogP contribution in [0.3, 0.4) is 0 Å². The Labute approximate surface area is 198 Å². The fraction of sp³-hybridized carbons (Fsp3) is 0.417. The minimum Gasteiger partial charge on any atom is -0.336 e. The minimum atomic E-state index is 0. The lowest BCUT2D eigenvalue weighted by molar-refractivity contribution is 0.0589. The monoisotopic (exact) mass is 466 g/mol. The number of nitrogens with one attached hydrogen (secondary N) is 1. The van der Waals surface area contributed by atoms with E-state index in [-0.39, 0.29) is 35.7 Å². The van der Waals surface area contributed by atoms with Crippen LogP contribution in [0.25, 0.3) is 11.1 Å². The molecule has 0 aromatic carbocycles. The average Bonchev–Trinajstić information content (AvgIpc) is 3.09. The predicted octanol–water partition coefficient (Wildman–Crippen LogP) is 1.93. The van der Waals surface area contributed by atoms with Gasteiger partial charge in [-0.15, -0.1) is 12.4 Å². The van der Waals surface area contributed by atoms with Gasteiger partial charge < -0.3 is 19.4 Å². The number of amides is 1. The van der Waals surface area contributed by atoms with Gasteiger partial charge in [0.1, 0.15) is 11.5 Å². The molecule has 33 heavy (non-hydrogen) atoms. The molecule has 2 bridgehead atoms. The Bertz CT molecular complexity index is 1210. The lowest BCUT2D eigenvalue weighted by Gasteiger charge is -2.42. The second-order valence-electron chi connectivity index (χ2n) is 9.10. The third-order valence-electron chi connectivity index (χ3n) is 6.97. The molecule has 0 saturated carbocycles. The smallest absolute Gasteiger partial charge is 0.274 e. The summed E-state index contributed by atoms with van der Waals surface area (Å²) in [6, 6.07) is 7.67. The van der Waals surface area contributed by atoms with Crippen LogP contribution in [0.4, 0.5) is 0 Å². The number of rotatable bonds is 2. The molecule has 6 heterocycles. The van der Waals surface area contributed by atoms with Gasteiger partial charge in [0.15, 0.2) is 0 Å². The van der Waals surface area contributed by atoms with Gasteiger partial charge in [-0.3, -0.25) is 14.6 Å². The number of hydrogen-bond donors (Lipinski definition) is 1. The van der Waals surface area contributed by atoms with Crippen molar-refractivity contribution in [3.05, 3.63) is 70.4 Å². The third-order valence-corrected chi connectivity index (χ3v) is 6.97. The van der Waals surface area contributed by atoms with Gasteiger partial charge in [-0.05, 0) is 30.0 Å². The molecule has 3 aromatic heterocycles. The van der Waals surface area contributed by atoms with Crippen LogP contribution in [-0.2, 0) is 19.5 Å². The lowest BCUT2D eigenvalue weighted by Crippen LogP contribution is -2.49.